The highest BCUT2D eigenvalue weighted by atomic mass is 19.2. The maximum atomic E-state index is 14.9. The fraction of sp³-hybridized carbons (Fsp3) is 0.120. The standard InChI is InChI=1S/C25H19F5O2/c1-3-5-13-31-17-9-6-15(7-10-17)21(26)23(28)18-11-8-16-14-19(32-12-4-2)24(29)25(30)20(16)22(18)27/h3-11,14H,2,12-13H2,1H3. The van der Waals surface area contributed by atoms with Crippen LogP contribution in [0.1, 0.15) is 18.1 Å². The van der Waals surface area contributed by atoms with Gasteiger partial charge in [-0.05, 0) is 48.7 Å². The molecule has 0 aliphatic heterocycles. The molecule has 0 aliphatic carbocycles. The molecule has 0 radical (unpaired) electrons. The molecular formula is C25H19F5O2. The molecule has 0 amide bonds. The summed E-state index contributed by atoms with van der Waals surface area (Å²) in [4.78, 5) is 0. The molecule has 0 saturated heterocycles. The Balaban J connectivity index is 2.00. The zero-order chi connectivity index (χ0) is 23.3. The number of rotatable bonds is 8. The van der Waals surface area contributed by atoms with E-state index in [1.807, 2.05) is 6.92 Å². The van der Waals surface area contributed by atoms with Gasteiger partial charge in [-0.2, -0.15) is 4.39 Å². The number of allylic oxidation sites excluding steroid dienone is 1. The highest BCUT2D eigenvalue weighted by Crippen LogP contribution is 2.36. The lowest BCUT2D eigenvalue weighted by atomic mass is 10.0. The van der Waals surface area contributed by atoms with E-state index in [9.17, 15) is 22.0 Å². The Labute approximate surface area is 181 Å². The third-order valence-corrected chi connectivity index (χ3v) is 4.56. The monoisotopic (exact) mass is 446 g/mol. The Hall–Kier alpha value is -3.61. The van der Waals surface area contributed by atoms with E-state index in [-0.39, 0.29) is 17.6 Å². The van der Waals surface area contributed by atoms with Crippen molar-refractivity contribution in [3.8, 4) is 11.5 Å². The van der Waals surface area contributed by atoms with Crippen LogP contribution in [0.25, 0.3) is 22.4 Å². The molecule has 3 rings (SSSR count). The van der Waals surface area contributed by atoms with E-state index in [0.717, 1.165) is 18.2 Å². The zero-order valence-corrected chi connectivity index (χ0v) is 17.1. The van der Waals surface area contributed by atoms with Crippen molar-refractivity contribution < 1.29 is 31.4 Å². The van der Waals surface area contributed by atoms with Crippen LogP contribution < -0.4 is 9.47 Å². The fourth-order valence-electron chi connectivity index (χ4n) is 2.96. The van der Waals surface area contributed by atoms with Gasteiger partial charge in [-0.25, -0.2) is 17.6 Å². The minimum absolute atomic E-state index is 0.0694. The van der Waals surface area contributed by atoms with Crippen LogP contribution >= 0.6 is 0 Å². The van der Waals surface area contributed by atoms with Crippen LogP contribution in [-0.2, 0) is 0 Å². The van der Waals surface area contributed by atoms with Gasteiger partial charge in [-0.15, -0.1) is 0 Å². The summed E-state index contributed by atoms with van der Waals surface area (Å²) in [6, 6.07) is 8.58. The first-order valence-corrected chi connectivity index (χ1v) is 9.63. The molecular weight excluding hydrogens is 427 g/mol. The van der Waals surface area contributed by atoms with Crippen molar-refractivity contribution in [1.29, 1.82) is 0 Å². The van der Waals surface area contributed by atoms with Gasteiger partial charge in [0.1, 0.15) is 24.8 Å². The predicted molar refractivity (Wildman–Crippen MR) is 115 cm³/mol. The van der Waals surface area contributed by atoms with Gasteiger partial charge in [-0.1, -0.05) is 30.9 Å². The van der Waals surface area contributed by atoms with Gasteiger partial charge in [0.05, 0.1) is 5.39 Å². The molecule has 0 fully saturated rings. The van der Waals surface area contributed by atoms with Crippen LogP contribution in [0.15, 0.2) is 67.3 Å². The average molecular weight is 446 g/mol. The minimum atomic E-state index is -1.56. The molecule has 0 aromatic heterocycles. The van der Waals surface area contributed by atoms with Gasteiger partial charge in [0, 0.05) is 11.1 Å². The lowest BCUT2D eigenvalue weighted by Crippen LogP contribution is -2.01. The predicted octanol–water partition coefficient (Wildman–Crippen LogP) is 7.54. The Kier molecular flexibility index (Phi) is 7.30. The van der Waals surface area contributed by atoms with Crippen molar-refractivity contribution >= 4 is 22.4 Å². The third-order valence-electron chi connectivity index (χ3n) is 4.56. The molecule has 166 valence electrons. The van der Waals surface area contributed by atoms with Crippen molar-refractivity contribution in [2.45, 2.75) is 6.92 Å². The Morgan fingerprint density at radius 2 is 1.59 bits per heavy atom. The number of halogens is 5. The van der Waals surface area contributed by atoms with E-state index in [2.05, 4.69) is 6.58 Å². The fourth-order valence-corrected chi connectivity index (χ4v) is 2.96. The van der Waals surface area contributed by atoms with Crippen LogP contribution in [-0.4, -0.2) is 13.2 Å². The largest absolute Gasteiger partial charge is 0.490 e. The Morgan fingerprint density at radius 1 is 0.875 bits per heavy atom. The van der Waals surface area contributed by atoms with Crippen molar-refractivity contribution in [2.24, 2.45) is 0 Å². The molecule has 32 heavy (non-hydrogen) atoms. The second-order valence-electron chi connectivity index (χ2n) is 6.66. The molecule has 7 heteroatoms. The lowest BCUT2D eigenvalue weighted by molar-refractivity contribution is 0.334. The van der Waals surface area contributed by atoms with Gasteiger partial charge in [0.15, 0.2) is 23.2 Å². The second kappa shape index (κ2) is 10.1. The Bertz CT molecular complexity index is 1200. The molecule has 0 atom stereocenters. The van der Waals surface area contributed by atoms with Crippen LogP contribution in [0.2, 0.25) is 0 Å². The van der Waals surface area contributed by atoms with Crippen molar-refractivity contribution in [1.82, 2.24) is 0 Å². The van der Waals surface area contributed by atoms with Gasteiger partial charge in [0.2, 0.25) is 5.82 Å². The molecule has 0 saturated carbocycles. The summed E-state index contributed by atoms with van der Waals surface area (Å²) in [6.45, 7) is 5.46. The van der Waals surface area contributed by atoms with Gasteiger partial charge >= 0.3 is 0 Å². The van der Waals surface area contributed by atoms with E-state index >= 15 is 0 Å². The number of benzene rings is 3. The molecule has 0 unspecified atom stereocenters. The molecule has 3 aromatic carbocycles. The topological polar surface area (TPSA) is 18.5 Å². The summed E-state index contributed by atoms with van der Waals surface area (Å²) in [5, 5.41) is -0.873. The van der Waals surface area contributed by atoms with Crippen LogP contribution in [0.3, 0.4) is 0 Å². The van der Waals surface area contributed by atoms with Crippen molar-refractivity contribution in [2.75, 3.05) is 13.2 Å². The van der Waals surface area contributed by atoms with E-state index < -0.39 is 45.8 Å². The summed E-state index contributed by atoms with van der Waals surface area (Å²) in [6.07, 6.45) is 4.90. The zero-order valence-electron chi connectivity index (χ0n) is 17.1. The number of hydrogen-bond donors (Lipinski definition) is 0. The molecule has 0 aliphatic rings. The molecule has 3 aromatic rings. The molecule has 0 spiro atoms. The van der Waals surface area contributed by atoms with E-state index in [0.29, 0.717) is 12.4 Å². The lowest BCUT2D eigenvalue weighted by Gasteiger charge is -2.11. The van der Waals surface area contributed by atoms with Gasteiger partial charge in [0.25, 0.3) is 0 Å². The third kappa shape index (κ3) is 4.66. The summed E-state index contributed by atoms with van der Waals surface area (Å²) in [5.74, 6) is -7.32. The smallest absolute Gasteiger partial charge is 0.201 e. The summed E-state index contributed by atoms with van der Waals surface area (Å²) >= 11 is 0. The summed E-state index contributed by atoms with van der Waals surface area (Å²) < 4.78 is 83.6. The van der Waals surface area contributed by atoms with Crippen molar-refractivity contribution in [3.05, 3.63) is 95.9 Å². The van der Waals surface area contributed by atoms with E-state index in [4.69, 9.17) is 9.47 Å². The maximum absolute atomic E-state index is 14.9. The summed E-state index contributed by atoms with van der Waals surface area (Å²) in [7, 11) is 0. The SMILES string of the molecule is C=CCOc1cc2ccc(C(F)=C(F)c3ccc(OCC=CC)cc3)c(F)c2c(F)c1F. The highest BCUT2D eigenvalue weighted by molar-refractivity contribution is 5.91. The Morgan fingerprint density at radius 3 is 2.25 bits per heavy atom. The molecule has 0 N–H and O–H groups in total. The number of ether oxygens (including phenoxy) is 2. The molecule has 2 nitrogen and oxygen atoms in total. The van der Waals surface area contributed by atoms with Crippen LogP contribution in [0.5, 0.6) is 11.5 Å². The molecule has 0 heterocycles. The van der Waals surface area contributed by atoms with Crippen LogP contribution in [0.4, 0.5) is 22.0 Å². The van der Waals surface area contributed by atoms with Crippen LogP contribution in [0, 0.1) is 17.5 Å². The normalized spacial score (nSPS) is 12.2. The first-order chi connectivity index (χ1) is 15.4. The van der Waals surface area contributed by atoms with Gasteiger partial charge in [-0.3, -0.25) is 0 Å². The van der Waals surface area contributed by atoms with Crippen molar-refractivity contribution in [3.63, 3.8) is 0 Å². The molecule has 0 bridgehead atoms. The summed E-state index contributed by atoms with van der Waals surface area (Å²) in [5.41, 5.74) is -0.998. The minimum Gasteiger partial charge on any atom is -0.490 e. The number of hydrogen-bond acceptors (Lipinski definition) is 2. The van der Waals surface area contributed by atoms with E-state index in [1.165, 1.54) is 30.3 Å². The first-order valence-electron chi connectivity index (χ1n) is 9.63. The quantitative estimate of drug-likeness (QED) is 0.202. The highest BCUT2D eigenvalue weighted by Gasteiger charge is 2.23. The second-order valence-corrected chi connectivity index (χ2v) is 6.66. The first kappa shape index (κ1) is 23.1. The van der Waals surface area contributed by atoms with E-state index in [1.54, 1.807) is 12.2 Å². The maximum Gasteiger partial charge on any atom is 0.201 e. The van der Waals surface area contributed by atoms with Gasteiger partial charge < -0.3 is 9.47 Å². The average Bonchev–Trinajstić information content (AvgIpc) is 2.80. The number of fused-ring (bicyclic) bond motifs is 1.